The predicted molar refractivity (Wildman–Crippen MR) is 78.3 cm³/mol. The Bertz CT molecular complexity index is 692. The molecule has 5 nitrogen and oxygen atoms in total. The van der Waals surface area contributed by atoms with Crippen LogP contribution >= 0.6 is 11.3 Å². The Balaban J connectivity index is 2.17. The van der Waals surface area contributed by atoms with Crippen LogP contribution in [0.3, 0.4) is 0 Å². The molecule has 1 heterocycles. The Labute approximate surface area is 121 Å². The van der Waals surface area contributed by atoms with Gasteiger partial charge in [-0.25, -0.2) is 13.2 Å². The van der Waals surface area contributed by atoms with Crippen LogP contribution in [0.15, 0.2) is 41.8 Å². The van der Waals surface area contributed by atoms with Crippen molar-refractivity contribution in [2.45, 2.75) is 5.75 Å². The first-order valence-electron chi connectivity index (χ1n) is 5.72. The maximum atomic E-state index is 12.1. The molecule has 0 aliphatic rings. The lowest BCUT2D eigenvalue weighted by molar-refractivity contribution is 0.0607. The van der Waals surface area contributed by atoms with E-state index >= 15 is 0 Å². The number of esters is 1. The molecule has 20 heavy (non-hydrogen) atoms. The zero-order chi connectivity index (χ0) is 14.6. The van der Waals surface area contributed by atoms with E-state index in [9.17, 15) is 13.2 Å². The molecule has 0 saturated carbocycles. The van der Waals surface area contributed by atoms with Crippen molar-refractivity contribution in [2.75, 3.05) is 11.8 Å². The molecule has 7 heteroatoms. The van der Waals surface area contributed by atoms with Crippen molar-refractivity contribution in [3.63, 3.8) is 0 Å². The second-order valence-electron chi connectivity index (χ2n) is 4.00. The number of thiophene rings is 1. The third-order valence-corrected chi connectivity index (χ3v) is 4.64. The van der Waals surface area contributed by atoms with Gasteiger partial charge in [-0.3, -0.25) is 4.72 Å². The molecule has 106 valence electrons. The Hall–Kier alpha value is -1.86. The fourth-order valence-corrected chi connectivity index (χ4v) is 3.68. The van der Waals surface area contributed by atoms with Crippen LogP contribution in [-0.2, 0) is 20.5 Å². The zero-order valence-electron chi connectivity index (χ0n) is 10.7. The number of hydrogen-bond donors (Lipinski definition) is 1. The van der Waals surface area contributed by atoms with Crippen molar-refractivity contribution < 1.29 is 17.9 Å². The van der Waals surface area contributed by atoms with Gasteiger partial charge in [0.05, 0.1) is 18.6 Å². The highest BCUT2D eigenvalue weighted by Gasteiger charge is 2.18. The van der Waals surface area contributed by atoms with Crippen molar-refractivity contribution in [3.8, 4) is 0 Å². The van der Waals surface area contributed by atoms with Crippen molar-refractivity contribution in [3.05, 3.63) is 52.2 Å². The summed E-state index contributed by atoms with van der Waals surface area (Å²) < 4.78 is 31.2. The SMILES string of the molecule is COC(=O)c1sccc1NS(=O)(=O)Cc1ccccc1. The third kappa shape index (κ3) is 3.58. The van der Waals surface area contributed by atoms with E-state index in [1.165, 1.54) is 7.11 Å². The van der Waals surface area contributed by atoms with Gasteiger partial charge in [-0.2, -0.15) is 0 Å². The fourth-order valence-electron chi connectivity index (χ4n) is 1.64. The van der Waals surface area contributed by atoms with E-state index in [1.54, 1.807) is 35.7 Å². The molecular weight excluding hydrogens is 298 g/mol. The summed E-state index contributed by atoms with van der Waals surface area (Å²) >= 11 is 1.13. The van der Waals surface area contributed by atoms with Gasteiger partial charge in [-0.15, -0.1) is 11.3 Å². The Kier molecular flexibility index (Phi) is 4.41. The summed E-state index contributed by atoms with van der Waals surface area (Å²) in [4.78, 5) is 11.7. The van der Waals surface area contributed by atoms with Crippen LogP contribution in [0.4, 0.5) is 5.69 Å². The van der Waals surface area contributed by atoms with Gasteiger partial charge in [0.1, 0.15) is 4.88 Å². The molecule has 0 aliphatic carbocycles. The highest BCUT2D eigenvalue weighted by Crippen LogP contribution is 2.24. The first-order chi connectivity index (χ1) is 9.52. The summed E-state index contributed by atoms with van der Waals surface area (Å²) in [5.74, 6) is -0.706. The lowest BCUT2D eigenvalue weighted by Gasteiger charge is -2.08. The van der Waals surface area contributed by atoms with E-state index in [1.807, 2.05) is 6.07 Å². The lowest BCUT2D eigenvalue weighted by Crippen LogP contribution is -2.16. The summed E-state index contributed by atoms with van der Waals surface area (Å²) in [6, 6.07) is 10.4. The van der Waals surface area contributed by atoms with Crippen molar-refractivity contribution in [1.29, 1.82) is 0 Å². The highest BCUT2D eigenvalue weighted by molar-refractivity contribution is 7.91. The molecule has 2 rings (SSSR count). The number of carbonyl (C=O) groups excluding carboxylic acids is 1. The number of carbonyl (C=O) groups is 1. The minimum Gasteiger partial charge on any atom is -0.465 e. The molecule has 0 atom stereocenters. The number of methoxy groups -OCH3 is 1. The molecule has 1 aromatic heterocycles. The van der Waals surface area contributed by atoms with Gasteiger partial charge < -0.3 is 4.74 Å². The summed E-state index contributed by atoms with van der Waals surface area (Å²) in [5, 5.41) is 1.63. The number of sulfonamides is 1. The minimum atomic E-state index is -3.57. The molecule has 0 amide bonds. The number of ether oxygens (including phenoxy) is 1. The predicted octanol–water partition coefficient (Wildman–Crippen LogP) is 2.48. The maximum Gasteiger partial charge on any atom is 0.350 e. The molecule has 0 radical (unpaired) electrons. The first kappa shape index (κ1) is 14.5. The molecule has 0 unspecified atom stereocenters. The van der Waals surface area contributed by atoms with E-state index in [0.29, 0.717) is 5.56 Å². The molecule has 1 N–H and O–H groups in total. The summed E-state index contributed by atoms with van der Waals surface area (Å²) in [5.41, 5.74) is 0.924. The lowest BCUT2D eigenvalue weighted by atomic mass is 10.2. The van der Waals surface area contributed by atoms with Gasteiger partial charge >= 0.3 is 5.97 Å². The van der Waals surface area contributed by atoms with Gasteiger partial charge in [0, 0.05) is 0 Å². The van der Waals surface area contributed by atoms with Crippen molar-refractivity contribution in [2.24, 2.45) is 0 Å². The van der Waals surface area contributed by atoms with Crippen molar-refractivity contribution in [1.82, 2.24) is 0 Å². The summed E-state index contributed by atoms with van der Waals surface area (Å²) in [7, 11) is -2.32. The van der Waals surface area contributed by atoms with Crippen LogP contribution in [0.25, 0.3) is 0 Å². The number of anilines is 1. The molecule has 1 aromatic carbocycles. The summed E-state index contributed by atoms with van der Waals surface area (Å²) in [6.07, 6.45) is 0. The largest absolute Gasteiger partial charge is 0.465 e. The van der Waals surface area contributed by atoms with Gasteiger partial charge in [0.15, 0.2) is 0 Å². The maximum absolute atomic E-state index is 12.1. The van der Waals surface area contributed by atoms with E-state index in [0.717, 1.165) is 11.3 Å². The molecule has 0 spiro atoms. The topological polar surface area (TPSA) is 72.5 Å². The molecule has 0 bridgehead atoms. The van der Waals surface area contributed by atoms with Crippen LogP contribution in [-0.4, -0.2) is 21.5 Å². The van der Waals surface area contributed by atoms with E-state index < -0.39 is 16.0 Å². The van der Waals surface area contributed by atoms with E-state index in [-0.39, 0.29) is 16.3 Å². The molecule has 0 fully saturated rings. The first-order valence-corrected chi connectivity index (χ1v) is 8.25. The zero-order valence-corrected chi connectivity index (χ0v) is 12.3. The second-order valence-corrected chi connectivity index (χ2v) is 6.64. The Morgan fingerprint density at radius 1 is 1.25 bits per heavy atom. The van der Waals surface area contributed by atoms with Crippen LogP contribution in [0.1, 0.15) is 15.2 Å². The van der Waals surface area contributed by atoms with Gasteiger partial charge in [0.25, 0.3) is 0 Å². The number of nitrogens with one attached hydrogen (secondary N) is 1. The van der Waals surface area contributed by atoms with E-state index in [2.05, 4.69) is 9.46 Å². The Morgan fingerprint density at radius 3 is 2.60 bits per heavy atom. The normalized spacial score (nSPS) is 11.1. The molecular formula is C13H13NO4S2. The standard InChI is InChI=1S/C13H13NO4S2/c1-18-13(15)12-11(7-8-19-12)14-20(16,17)9-10-5-3-2-4-6-10/h2-8,14H,9H2,1H3. The molecule has 0 saturated heterocycles. The number of benzene rings is 1. The highest BCUT2D eigenvalue weighted by atomic mass is 32.2. The average molecular weight is 311 g/mol. The minimum absolute atomic E-state index is 0.149. The molecule has 2 aromatic rings. The third-order valence-electron chi connectivity index (χ3n) is 2.50. The van der Waals surface area contributed by atoms with Crippen LogP contribution < -0.4 is 4.72 Å². The van der Waals surface area contributed by atoms with Crippen molar-refractivity contribution >= 4 is 33.0 Å². The van der Waals surface area contributed by atoms with Gasteiger partial charge in [0.2, 0.25) is 10.0 Å². The van der Waals surface area contributed by atoms with Crippen LogP contribution in [0.5, 0.6) is 0 Å². The fraction of sp³-hybridized carbons (Fsp3) is 0.154. The van der Waals surface area contributed by atoms with E-state index in [4.69, 9.17) is 0 Å². The Morgan fingerprint density at radius 2 is 1.95 bits per heavy atom. The van der Waals surface area contributed by atoms with Gasteiger partial charge in [-0.05, 0) is 17.0 Å². The summed E-state index contributed by atoms with van der Waals surface area (Å²) in [6.45, 7) is 0. The van der Waals surface area contributed by atoms with Crippen LogP contribution in [0, 0.1) is 0 Å². The molecule has 0 aliphatic heterocycles. The second kappa shape index (κ2) is 6.06. The average Bonchev–Trinajstić information content (AvgIpc) is 2.85. The van der Waals surface area contributed by atoms with Gasteiger partial charge in [-0.1, -0.05) is 30.3 Å². The quantitative estimate of drug-likeness (QED) is 0.861. The number of hydrogen-bond acceptors (Lipinski definition) is 5. The smallest absolute Gasteiger partial charge is 0.350 e. The van der Waals surface area contributed by atoms with Crippen LogP contribution in [0.2, 0.25) is 0 Å². The number of rotatable bonds is 5. The monoisotopic (exact) mass is 311 g/mol.